The Morgan fingerprint density at radius 2 is 2.09 bits per heavy atom. The van der Waals surface area contributed by atoms with Crippen molar-refractivity contribution in [3.05, 3.63) is 48.0 Å². The first kappa shape index (κ1) is 21.9. The summed E-state index contributed by atoms with van der Waals surface area (Å²) < 4.78 is 25.3. The number of likely N-dealkylation sites (tertiary alicyclic amines) is 1. The maximum absolute atomic E-state index is 13.6. The van der Waals surface area contributed by atoms with E-state index in [1.807, 2.05) is 12.1 Å². The van der Waals surface area contributed by atoms with Crippen LogP contribution in [0.3, 0.4) is 0 Å². The number of nitrogens with one attached hydrogen (secondary N) is 2. The van der Waals surface area contributed by atoms with Crippen LogP contribution in [0.4, 0.5) is 15.9 Å². The van der Waals surface area contributed by atoms with Crippen LogP contribution in [0.15, 0.2) is 36.7 Å². The maximum atomic E-state index is 13.6. The van der Waals surface area contributed by atoms with Crippen LogP contribution in [0.2, 0.25) is 0 Å². The number of fused-ring (bicyclic) bond motifs is 2. The average molecular weight is 452 g/mol. The summed E-state index contributed by atoms with van der Waals surface area (Å²) in [5, 5.41) is 7.69. The zero-order chi connectivity index (χ0) is 22.8. The van der Waals surface area contributed by atoms with Crippen LogP contribution in [-0.4, -0.2) is 60.8 Å². The van der Waals surface area contributed by atoms with Crippen molar-refractivity contribution in [1.29, 1.82) is 0 Å². The van der Waals surface area contributed by atoms with Crippen LogP contribution < -0.4 is 20.1 Å². The lowest BCUT2D eigenvalue weighted by Gasteiger charge is -2.17. The monoisotopic (exact) mass is 451 g/mol. The lowest BCUT2D eigenvalue weighted by molar-refractivity contribution is 0.247. The quantitative estimate of drug-likeness (QED) is 0.504. The summed E-state index contributed by atoms with van der Waals surface area (Å²) in [6.45, 7) is 6.86. The second-order valence-corrected chi connectivity index (χ2v) is 8.90. The fourth-order valence-corrected chi connectivity index (χ4v) is 4.89. The van der Waals surface area contributed by atoms with Crippen molar-refractivity contribution in [3.63, 3.8) is 0 Å². The third-order valence-electron chi connectivity index (χ3n) is 6.66. The number of methoxy groups -OCH3 is 1. The van der Waals surface area contributed by atoms with Crippen molar-refractivity contribution in [1.82, 2.24) is 20.2 Å². The van der Waals surface area contributed by atoms with Gasteiger partial charge in [-0.1, -0.05) is 0 Å². The first-order chi connectivity index (χ1) is 16.1. The molecule has 2 atom stereocenters. The van der Waals surface area contributed by atoms with E-state index in [9.17, 15) is 4.39 Å². The topological polar surface area (TPSA) is 71.5 Å². The van der Waals surface area contributed by atoms with E-state index in [-0.39, 0.29) is 5.82 Å². The SMILES string of the molecule is COc1cc2ncnc(Nc3ccc(F)c(C)c3)c2cc1OCCCN1CC2CCNC2C1. The van der Waals surface area contributed by atoms with Crippen molar-refractivity contribution in [2.45, 2.75) is 25.8 Å². The van der Waals surface area contributed by atoms with Gasteiger partial charge in [0.1, 0.15) is 18.0 Å². The minimum Gasteiger partial charge on any atom is -0.493 e. The van der Waals surface area contributed by atoms with Gasteiger partial charge in [0.25, 0.3) is 0 Å². The number of ether oxygens (including phenoxy) is 2. The molecular weight excluding hydrogens is 421 g/mol. The molecule has 2 unspecified atom stereocenters. The van der Waals surface area contributed by atoms with E-state index in [1.165, 1.54) is 25.4 Å². The van der Waals surface area contributed by atoms with Gasteiger partial charge in [0.15, 0.2) is 11.5 Å². The normalized spacial score (nSPS) is 20.2. The molecule has 0 amide bonds. The molecule has 0 spiro atoms. The highest BCUT2D eigenvalue weighted by Gasteiger charge is 2.35. The number of halogens is 1. The number of rotatable bonds is 8. The van der Waals surface area contributed by atoms with Crippen LogP contribution in [0.25, 0.3) is 10.9 Å². The first-order valence-electron chi connectivity index (χ1n) is 11.5. The van der Waals surface area contributed by atoms with E-state index in [1.54, 1.807) is 26.2 Å². The summed E-state index contributed by atoms with van der Waals surface area (Å²) in [6.07, 6.45) is 3.75. The summed E-state index contributed by atoms with van der Waals surface area (Å²) in [5.41, 5.74) is 2.07. The van der Waals surface area contributed by atoms with E-state index in [4.69, 9.17) is 9.47 Å². The van der Waals surface area contributed by atoms with E-state index < -0.39 is 0 Å². The fraction of sp³-hybridized carbons (Fsp3) is 0.440. The summed E-state index contributed by atoms with van der Waals surface area (Å²) in [6, 6.07) is 9.34. The first-order valence-corrected chi connectivity index (χ1v) is 11.5. The number of nitrogens with zero attached hydrogens (tertiary/aromatic N) is 3. The number of benzene rings is 2. The molecule has 2 aliphatic heterocycles. The van der Waals surface area contributed by atoms with Gasteiger partial charge in [-0.2, -0.15) is 0 Å². The summed E-state index contributed by atoms with van der Waals surface area (Å²) in [5.74, 6) is 2.52. The molecule has 3 heterocycles. The maximum Gasteiger partial charge on any atom is 0.162 e. The molecule has 7 nitrogen and oxygen atoms in total. The van der Waals surface area contributed by atoms with Gasteiger partial charge in [0.2, 0.25) is 0 Å². The Hall–Kier alpha value is -2.97. The number of hydrogen-bond donors (Lipinski definition) is 2. The predicted octanol–water partition coefficient (Wildman–Crippen LogP) is 3.89. The Morgan fingerprint density at radius 1 is 1.18 bits per heavy atom. The Kier molecular flexibility index (Phi) is 6.28. The molecule has 8 heteroatoms. The number of anilines is 2. The molecular formula is C25H30FN5O2. The Morgan fingerprint density at radius 3 is 2.91 bits per heavy atom. The minimum atomic E-state index is -0.234. The smallest absolute Gasteiger partial charge is 0.162 e. The molecule has 174 valence electrons. The Labute approximate surface area is 193 Å². The van der Waals surface area contributed by atoms with Gasteiger partial charge in [-0.25, -0.2) is 14.4 Å². The van der Waals surface area contributed by atoms with Crippen molar-refractivity contribution in [3.8, 4) is 11.5 Å². The standard InChI is InChI=1S/C25H30FN5O2/c1-16-10-18(4-5-20(16)26)30-25-19-11-24(23(32-2)12-21(19)28-15-29-25)33-9-3-8-31-13-17-6-7-27-22(17)14-31/h4-5,10-12,15,17,22,27H,3,6-9,13-14H2,1-2H3,(H,28,29,30). The van der Waals surface area contributed by atoms with Gasteiger partial charge in [0.05, 0.1) is 19.2 Å². The lowest BCUT2D eigenvalue weighted by Crippen LogP contribution is -2.31. The van der Waals surface area contributed by atoms with Crippen molar-refractivity contribution < 1.29 is 13.9 Å². The summed E-state index contributed by atoms with van der Waals surface area (Å²) in [7, 11) is 1.63. The summed E-state index contributed by atoms with van der Waals surface area (Å²) in [4.78, 5) is 11.3. The molecule has 2 aliphatic rings. The summed E-state index contributed by atoms with van der Waals surface area (Å²) >= 11 is 0. The molecule has 0 bridgehead atoms. The van der Waals surface area contributed by atoms with Gasteiger partial charge in [-0.15, -0.1) is 0 Å². The molecule has 0 aliphatic carbocycles. The zero-order valence-corrected chi connectivity index (χ0v) is 19.1. The third kappa shape index (κ3) is 4.72. The fourth-order valence-electron chi connectivity index (χ4n) is 4.89. The van der Waals surface area contributed by atoms with E-state index in [2.05, 4.69) is 25.5 Å². The van der Waals surface area contributed by atoms with Crippen LogP contribution in [-0.2, 0) is 0 Å². The molecule has 3 aromatic rings. The number of aryl methyl sites for hydroxylation is 1. The highest BCUT2D eigenvalue weighted by Crippen LogP contribution is 2.35. The molecule has 2 fully saturated rings. The third-order valence-corrected chi connectivity index (χ3v) is 6.66. The lowest BCUT2D eigenvalue weighted by atomic mass is 10.1. The van der Waals surface area contributed by atoms with E-state index >= 15 is 0 Å². The van der Waals surface area contributed by atoms with Gasteiger partial charge in [-0.05, 0) is 62.1 Å². The van der Waals surface area contributed by atoms with Gasteiger partial charge >= 0.3 is 0 Å². The highest BCUT2D eigenvalue weighted by molar-refractivity contribution is 5.93. The van der Waals surface area contributed by atoms with Gasteiger partial charge < -0.3 is 25.0 Å². The van der Waals surface area contributed by atoms with Crippen molar-refractivity contribution in [2.75, 3.05) is 45.2 Å². The Bertz CT molecular complexity index is 1130. The van der Waals surface area contributed by atoms with E-state index in [0.29, 0.717) is 35.5 Å². The number of aromatic nitrogens is 2. The molecule has 33 heavy (non-hydrogen) atoms. The molecule has 2 N–H and O–H groups in total. The molecule has 0 saturated carbocycles. The van der Waals surface area contributed by atoms with Crippen LogP contribution in [0, 0.1) is 18.7 Å². The van der Waals surface area contributed by atoms with Crippen LogP contribution >= 0.6 is 0 Å². The molecule has 2 aromatic carbocycles. The minimum absolute atomic E-state index is 0.234. The van der Waals surface area contributed by atoms with Gasteiger partial charge in [0, 0.05) is 42.8 Å². The number of hydrogen-bond acceptors (Lipinski definition) is 7. The molecule has 0 radical (unpaired) electrons. The predicted molar refractivity (Wildman–Crippen MR) is 127 cm³/mol. The molecule has 2 saturated heterocycles. The van der Waals surface area contributed by atoms with Crippen molar-refractivity contribution >= 4 is 22.4 Å². The van der Waals surface area contributed by atoms with Crippen LogP contribution in [0.1, 0.15) is 18.4 Å². The largest absolute Gasteiger partial charge is 0.493 e. The zero-order valence-electron chi connectivity index (χ0n) is 19.1. The second kappa shape index (κ2) is 9.49. The second-order valence-electron chi connectivity index (χ2n) is 8.90. The van der Waals surface area contributed by atoms with E-state index in [0.717, 1.165) is 48.6 Å². The molecule has 5 rings (SSSR count). The van der Waals surface area contributed by atoms with Crippen molar-refractivity contribution in [2.24, 2.45) is 5.92 Å². The average Bonchev–Trinajstić information content (AvgIpc) is 3.41. The Balaban J connectivity index is 1.28. The van der Waals surface area contributed by atoms with Gasteiger partial charge in [-0.3, -0.25) is 0 Å². The molecule has 1 aromatic heterocycles. The van der Waals surface area contributed by atoms with Crippen LogP contribution in [0.5, 0.6) is 11.5 Å². The highest BCUT2D eigenvalue weighted by atomic mass is 19.1.